The minimum atomic E-state index is -0.165. The number of hydrogen-bond donors (Lipinski definition) is 1. The van der Waals surface area contributed by atoms with Gasteiger partial charge in [-0.05, 0) is 49.2 Å². The quantitative estimate of drug-likeness (QED) is 0.934. The number of carbonyl (C=O) groups is 1. The second kappa shape index (κ2) is 6.31. The predicted octanol–water partition coefficient (Wildman–Crippen LogP) is 3.57. The summed E-state index contributed by atoms with van der Waals surface area (Å²) in [6.45, 7) is 4.00. The number of carbonyl (C=O) groups excluding carboxylic acids is 1. The molecule has 110 valence electrons. The summed E-state index contributed by atoms with van der Waals surface area (Å²) < 4.78 is 10.4. The molecule has 0 radical (unpaired) electrons. The molecule has 2 aromatic carbocycles. The van der Waals surface area contributed by atoms with Gasteiger partial charge in [-0.15, -0.1) is 0 Å². The SMILES string of the molecule is COc1ccc(NC(=O)c2ccc(C)c(C)c2)c(OC)c1. The van der Waals surface area contributed by atoms with Crippen LogP contribution in [0.15, 0.2) is 36.4 Å². The Labute approximate surface area is 124 Å². The van der Waals surface area contributed by atoms with Gasteiger partial charge >= 0.3 is 0 Å². The topological polar surface area (TPSA) is 47.6 Å². The van der Waals surface area contributed by atoms with Gasteiger partial charge in [0.2, 0.25) is 0 Å². The highest BCUT2D eigenvalue weighted by atomic mass is 16.5. The summed E-state index contributed by atoms with van der Waals surface area (Å²) in [6.07, 6.45) is 0. The third-order valence-corrected chi connectivity index (χ3v) is 3.43. The lowest BCUT2D eigenvalue weighted by atomic mass is 10.1. The fourth-order valence-electron chi connectivity index (χ4n) is 1.98. The molecule has 1 N–H and O–H groups in total. The summed E-state index contributed by atoms with van der Waals surface area (Å²) >= 11 is 0. The van der Waals surface area contributed by atoms with Gasteiger partial charge in [0.15, 0.2) is 0 Å². The van der Waals surface area contributed by atoms with Crippen LogP contribution in [0, 0.1) is 13.8 Å². The fourth-order valence-corrected chi connectivity index (χ4v) is 1.98. The number of anilines is 1. The van der Waals surface area contributed by atoms with Crippen LogP contribution in [-0.2, 0) is 0 Å². The Hall–Kier alpha value is -2.49. The molecule has 0 saturated heterocycles. The number of nitrogens with one attached hydrogen (secondary N) is 1. The number of benzene rings is 2. The van der Waals surface area contributed by atoms with Crippen LogP contribution < -0.4 is 14.8 Å². The normalized spacial score (nSPS) is 10.1. The van der Waals surface area contributed by atoms with Crippen LogP contribution >= 0.6 is 0 Å². The van der Waals surface area contributed by atoms with Gasteiger partial charge in [0.25, 0.3) is 5.91 Å². The third kappa shape index (κ3) is 3.34. The molecule has 4 heteroatoms. The molecule has 2 rings (SSSR count). The number of amides is 1. The monoisotopic (exact) mass is 285 g/mol. The number of aryl methyl sites for hydroxylation is 2. The van der Waals surface area contributed by atoms with E-state index >= 15 is 0 Å². The Morgan fingerprint density at radius 3 is 2.33 bits per heavy atom. The summed E-state index contributed by atoms with van der Waals surface area (Å²) in [7, 11) is 3.14. The molecule has 0 aromatic heterocycles. The highest BCUT2D eigenvalue weighted by molar-refractivity contribution is 6.05. The molecule has 0 saturated carbocycles. The van der Waals surface area contributed by atoms with E-state index in [4.69, 9.17) is 9.47 Å². The number of hydrogen-bond acceptors (Lipinski definition) is 3. The molecule has 0 bridgehead atoms. The fraction of sp³-hybridized carbons (Fsp3) is 0.235. The van der Waals surface area contributed by atoms with E-state index in [1.165, 1.54) is 0 Å². The van der Waals surface area contributed by atoms with Gasteiger partial charge in [0.05, 0.1) is 19.9 Å². The van der Waals surface area contributed by atoms with Crippen molar-refractivity contribution in [2.45, 2.75) is 13.8 Å². The molecular weight excluding hydrogens is 266 g/mol. The molecule has 0 aliphatic rings. The van der Waals surface area contributed by atoms with Crippen molar-refractivity contribution < 1.29 is 14.3 Å². The molecule has 0 fully saturated rings. The lowest BCUT2D eigenvalue weighted by Crippen LogP contribution is -2.13. The molecule has 4 nitrogen and oxygen atoms in total. The zero-order valence-electron chi connectivity index (χ0n) is 12.7. The van der Waals surface area contributed by atoms with Crippen molar-refractivity contribution >= 4 is 11.6 Å². The largest absolute Gasteiger partial charge is 0.497 e. The zero-order chi connectivity index (χ0) is 15.4. The van der Waals surface area contributed by atoms with Crippen LogP contribution in [0.1, 0.15) is 21.5 Å². The number of rotatable bonds is 4. The molecule has 1 amide bonds. The van der Waals surface area contributed by atoms with E-state index in [9.17, 15) is 4.79 Å². The van der Waals surface area contributed by atoms with Crippen molar-refractivity contribution in [2.75, 3.05) is 19.5 Å². The average molecular weight is 285 g/mol. The van der Waals surface area contributed by atoms with Crippen molar-refractivity contribution in [2.24, 2.45) is 0 Å². The van der Waals surface area contributed by atoms with Crippen molar-refractivity contribution in [1.29, 1.82) is 0 Å². The van der Waals surface area contributed by atoms with Crippen LogP contribution in [0.3, 0.4) is 0 Å². The molecule has 0 unspecified atom stereocenters. The highest BCUT2D eigenvalue weighted by Crippen LogP contribution is 2.29. The molecule has 21 heavy (non-hydrogen) atoms. The van der Waals surface area contributed by atoms with Crippen LogP contribution in [0.2, 0.25) is 0 Å². The Morgan fingerprint density at radius 2 is 1.71 bits per heavy atom. The van der Waals surface area contributed by atoms with E-state index in [1.807, 2.05) is 32.0 Å². The van der Waals surface area contributed by atoms with Crippen LogP contribution in [0.5, 0.6) is 11.5 Å². The first-order valence-corrected chi connectivity index (χ1v) is 6.65. The van der Waals surface area contributed by atoms with E-state index in [0.29, 0.717) is 22.7 Å². The Balaban J connectivity index is 2.24. The van der Waals surface area contributed by atoms with Crippen molar-refractivity contribution in [1.82, 2.24) is 0 Å². The van der Waals surface area contributed by atoms with Gasteiger partial charge < -0.3 is 14.8 Å². The first-order chi connectivity index (χ1) is 10.0. The summed E-state index contributed by atoms with van der Waals surface area (Å²) in [6, 6.07) is 10.9. The third-order valence-electron chi connectivity index (χ3n) is 3.43. The lowest BCUT2D eigenvalue weighted by molar-refractivity contribution is 0.102. The first-order valence-electron chi connectivity index (χ1n) is 6.65. The van der Waals surface area contributed by atoms with E-state index in [0.717, 1.165) is 11.1 Å². The van der Waals surface area contributed by atoms with E-state index < -0.39 is 0 Å². The van der Waals surface area contributed by atoms with E-state index in [2.05, 4.69) is 5.32 Å². The lowest BCUT2D eigenvalue weighted by Gasteiger charge is -2.12. The molecule has 0 heterocycles. The summed E-state index contributed by atoms with van der Waals surface area (Å²) in [4.78, 5) is 12.3. The molecule has 0 aliphatic carbocycles. The molecular formula is C17H19NO3. The van der Waals surface area contributed by atoms with Gasteiger partial charge in [0, 0.05) is 11.6 Å². The van der Waals surface area contributed by atoms with Gasteiger partial charge in [0.1, 0.15) is 11.5 Å². The van der Waals surface area contributed by atoms with Crippen LogP contribution in [0.4, 0.5) is 5.69 Å². The van der Waals surface area contributed by atoms with Gasteiger partial charge in [-0.1, -0.05) is 6.07 Å². The molecule has 0 aliphatic heterocycles. The highest BCUT2D eigenvalue weighted by Gasteiger charge is 2.11. The van der Waals surface area contributed by atoms with Gasteiger partial charge in [-0.3, -0.25) is 4.79 Å². The number of methoxy groups -OCH3 is 2. The zero-order valence-corrected chi connectivity index (χ0v) is 12.7. The van der Waals surface area contributed by atoms with Crippen LogP contribution in [-0.4, -0.2) is 20.1 Å². The standard InChI is InChI=1S/C17H19NO3/c1-11-5-6-13(9-12(11)2)17(19)18-15-8-7-14(20-3)10-16(15)21-4/h5-10H,1-4H3,(H,18,19). The smallest absolute Gasteiger partial charge is 0.255 e. The van der Waals surface area contributed by atoms with E-state index in [1.54, 1.807) is 32.4 Å². The maximum Gasteiger partial charge on any atom is 0.255 e. The Bertz CT molecular complexity index is 665. The van der Waals surface area contributed by atoms with Crippen molar-refractivity contribution in [3.8, 4) is 11.5 Å². The van der Waals surface area contributed by atoms with Gasteiger partial charge in [-0.25, -0.2) is 0 Å². The van der Waals surface area contributed by atoms with Crippen molar-refractivity contribution in [3.63, 3.8) is 0 Å². The maximum atomic E-state index is 12.3. The maximum absolute atomic E-state index is 12.3. The second-order valence-electron chi connectivity index (χ2n) is 4.82. The Kier molecular flexibility index (Phi) is 4.48. The summed E-state index contributed by atoms with van der Waals surface area (Å²) in [5.41, 5.74) is 3.48. The minimum absolute atomic E-state index is 0.165. The predicted molar refractivity (Wildman–Crippen MR) is 83.4 cm³/mol. The summed E-state index contributed by atoms with van der Waals surface area (Å²) in [5, 5.41) is 2.86. The van der Waals surface area contributed by atoms with Crippen LogP contribution in [0.25, 0.3) is 0 Å². The first kappa shape index (κ1) is 14.9. The number of ether oxygens (including phenoxy) is 2. The minimum Gasteiger partial charge on any atom is -0.497 e. The molecule has 2 aromatic rings. The van der Waals surface area contributed by atoms with E-state index in [-0.39, 0.29) is 5.91 Å². The summed E-state index contributed by atoms with van der Waals surface area (Å²) in [5.74, 6) is 1.07. The van der Waals surface area contributed by atoms with Gasteiger partial charge in [-0.2, -0.15) is 0 Å². The van der Waals surface area contributed by atoms with Crippen molar-refractivity contribution in [3.05, 3.63) is 53.1 Å². The Morgan fingerprint density at radius 1 is 0.952 bits per heavy atom. The average Bonchev–Trinajstić information content (AvgIpc) is 2.50. The second-order valence-corrected chi connectivity index (χ2v) is 4.82. The molecule has 0 atom stereocenters. The molecule has 0 spiro atoms.